The highest BCUT2D eigenvalue weighted by atomic mass is 16.6. The van der Waals surface area contributed by atoms with Gasteiger partial charge in [0.05, 0.1) is 6.42 Å². The number of carbonyl (C=O) groups excluding carboxylic acids is 1. The van der Waals surface area contributed by atoms with Gasteiger partial charge in [-0.2, -0.15) is 0 Å². The summed E-state index contributed by atoms with van der Waals surface area (Å²) in [6, 6.07) is 0. The summed E-state index contributed by atoms with van der Waals surface area (Å²) in [7, 11) is 0. The fraction of sp³-hybridized carbons (Fsp3) is 0.769. The Morgan fingerprint density at radius 1 is 1.33 bits per heavy atom. The van der Waals surface area contributed by atoms with Gasteiger partial charge >= 0.3 is 5.97 Å². The van der Waals surface area contributed by atoms with Crippen molar-refractivity contribution in [3.63, 3.8) is 0 Å². The van der Waals surface area contributed by atoms with Crippen molar-refractivity contribution >= 4 is 5.97 Å². The first-order valence-corrected chi connectivity index (χ1v) is 5.88. The van der Waals surface area contributed by atoms with Crippen molar-refractivity contribution < 1.29 is 9.53 Å². The minimum atomic E-state index is -0.228. The predicted molar refractivity (Wildman–Crippen MR) is 59.4 cm³/mol. The van der Waals surface area contributed by atoms with Crippen molar-refractivity contribution in [2.75, 3.05) is 0 Å². The fourth-order valence-corrected chi connectivity index (χ4v) is 3.13. The van der Waals surface area contributed by atoms with Crippen LogP contribution < -0.4 is 0 Å². The van der Waals surface area contributed by atoms with E-state index in [2.05, 4.69) is 13.5 Å². The lowest BCUT2D eigenvalue weighted by atomic mass is 9.63. The van der Waals surface area contributed by atoms with E-state index in [0.29, 0.717) is 6.42 Å². The minimum Gasteiger partial charge on any atom is -0.458 e. The van der Waals surface area contributed by atoms with Gasteiger partial charge in [-0.3, -0.25) is 4.79 Å². The van der Waals surface area contributed by atoms with Crippen LogP contribution in [-0.2, 0) is 9.53 Å². The quantitative estimate of drug-likeness (QED) is 0.488. The Morgan fingerprint density at radius 2 is 1.93 bits per heavy atom. The van der Waals surface area contributed by atoms with Crippen LogP contribution in [0.1, 0.15) is 52.4 Å². The molecule has 0 aromatic rings. The van der Waals surface area contributed by atoms with Gasteiger partial charge in [-0.1, -0.05) is 25.5 Å². The van der Waals surface area contributed by atoms with E-state index in [9.17, 15) is 4.79 Å². The summed E-state index contributed by atoms with van der Waals surface area (Å²) in [6.45, 7) is 8.23. The van der Waals surface area contributed by atoms with Crippen LogP contribution in [0.25, 0.3) is 0 Å². The standard InChI is InChI=1S/C13H20O2/c1-10(2)12(3)9-11(14)15-13(12)7-5-4-6-8-13/h1,4-9H2,2-3H3. The van der Waals surface area contributed by atoms with E-state index >= 15 is 0 Å². The third-order valence-electron chi connectivity index (χ3n) is 4.42. The summed E-state index contributed by atoms with van der Waals surface area (Å²) in [4.78, 5) is 11.6. The molecular formula is C13H20O2. The Labute approximate surface area is 91.7 Å². The molecule has 2 nitrogen and oxygen atoms in total. The molecule has 0 aromatic carbocycles. The van der Waals surface area contributed by atoms with E-state index in [1.54, 1.807) is 0 Å². The van der Waals surface area contributed by atoms with Crippen molar-refractivity contribution in [2.45, 2.75) is 58.0 Å². The van der Waals surface area contributed by atoms with Gasteiger partial charge in [0.25, 0.3) is 0 Å². The molecule has 0 aromatic heterocycles. The Hall–Kier alpha value is -0.790. The number of esters is 1. The predicted octanol–water partition coefficient (Wildman–Crippen LogP) is 3.22. The Balaban J connectivity index is 2.35. The average molecular weight is 208 g/mol. The summed E-state index contributed by atoms with van der Waals surface area (Å²) >= 11 is 0. The molecule has 0 bridgehead atoms. The van der Waals surface area contributed by atoms with Crippen molar-refractivity contribution in [1.82, 2.24) is 0 Å². The molecule has 2 rings (SSSR count). The monoisotopic (exact) mass is 208 g/mol. The van der Waals surface area contributed by atoms with Crippen LogP contribution in [0.4, 0.5) is 0 Å². The maximum Gasteiger partial charge on any atom is 0.307 e. The lowest BCUT2D eigenvalue weighted by Crippen LogP contribution is -2.45. The highest BCUT2D eigenvalue weighted by Crippen LogP contribution is 2.55. The molecule has 2 heteroatoms. The second-order valence-corrected chi connectivity index (χ2v) is 5.32. The highest BCUT2D eigenvalue weighted by Gasteiger charge is 2.57. The molecule has 1 saturated carbocycles. The third kappa shape index (κ3) is 1.42. The molecule has 0 N–H and O–H groups in total. The molecule has 0 radical (unpaired) electrons. The highest BCUT2D eigenvalue weighted by molar-refractivity contribution is 5.75. The van der Waals surface area contributed by atoms with Crippen LogP contribution in [0.2, 0.25) is 0 Å². The molecule has 84 valence electrons. The average Bonchev–Trinajstić information content (AvgIpc) is 2.40. The third-order valence-corrected chi connectivity index (χ3v) is 4.42. The van der Waals surface area contributed by atoms with Crippen LogP contribution in [0.5, 0.6) is 0 Å². The molecule has 1 unspecified atom stereocenters. The fourth-order valence-electron chi connectivity index (χ4n) is 3.13. The number of rotatable bonds is 1. The molecule has 1 heterocycles. The number of ether oxygens (including phenoxy) is 1. The minimum absolute atomic E-state index is 0.0394. The van der Waals surface area contributed by atoms with Gasteiger partial charge in [0, 0.05) is 5.41 Å². The zero-order valence-corrected chi connectivity index (χ0v) is 9.77. The van der Waals surface area contributed by atoms with Crippen LogP contribution in [0.3, 0.4) is 0 Å². The van der Waals surface area contributed by atoms with Gasteiger partial charge in [-0.05, 0) is 32.6 Å². The first kappa shape index (κ1) is 10.7. The molecule has 2 aliphatic rings. The van der Waals surface area contributed by atoms with Gasteiger partial charge in [-0.15, -0.1) is 0 Å². The van der Waals surface area contributed by atoms with E-state index in [0.717, 1.165) is 18.4 Å². The van der Waals surface area contributed by atoms with E-state index in [-0.39, 0.29) is 17.0 Å². The van der Waals surface area contributed by atoms with E-state index in [1.165, 1.54) is 19.3 Å². The normalized spacial score (nSPS) is 34.1. The van der Waals surface area contributed by atoms with Crippen LogP contribution in [0.15, 0.2) is 12.2 Å². The molecule has 0 amide bonds. The first-order chi connectivity index (χ1) is 7.00. The summed E-state index contributed by atoms with van der Waals surface area (Å²) in [6.07, 6.45) is 6.17. The smallest absolute Gasteiger partial charge is 0.307 e. The van der Waals surface area contributed by atoms with Gasteiger partial charge in [-0.25, -0.2) is 0 Å². The second-order valence-electron chi connectivity index (χ2n) is 5.32. The van der Waals surface area contributed by atoms with Gasteiger partial charge < -0.3 is 4.74 Å². The topological polar surface area (TPSA) is 26.3 Å². The molecule has 1 atom stereocenters. The lowest BCUT2D eigenvalue weighted by molar-refractivity contribution is -0.154. The molecule has 1 saturated heterocycles. The zero-order chi connectivity index (χ0) is 11.1. The SMILES string of the molecule is C=C(C)C1(C)CC(=O)OC12CCCCC2. The number of hydrogen-bond donors (Lipinski definition) is 0. The Bertz CT molecular complexity index is 300. The molecule has 1 aliphatic carbocycles. The lowest BCUT2D eigenvalue weighted by Gasteiger charge is -2.44. The number of carbonyl (C=O) groups is 1. The number of hydrogen-bond acceptors (Lipinski definition) is 2. The van der Waals surface area contributed by atoms with Crippen molar-refractivity contribution in [2.24, 2.45) is 5.41 Å². The Kier molecular flexibility index (Phi) is 2.40. The summed E-state index contributed by atoms with van der Waals surface area (Å²) in [5.41, 5.74) is 0.730. The van der Waals surface area contributed by atoms with Crippen molar-refractivity contribution in [1.29, 1.82) is 0 Å². The first-order valence-electron chi connectivity index (χ1n) is 5.88. The maximum atomic E-state index is 11.6. The van der Waals surface area contributed by atoms with Crippen LogP contribution >= 0.6 is 0 Å². The molecule has 1 spiro atoms. The van der Waals surface area contributed by atoms with Crippen LogP contribution in [-0.4, -0.2) is 11.6 Å². The van der Waals surface area contributed by atoms with Crippen molar-refractivity contribution in [3.05, 3.63) is 12.2 Å². The van der Waals surface area contributed by atoms with Gasteiger partial charge in [0.15, 0.2) is 0 Å². The largest absolute Gasteiger partial charge is 0.458 e. The van der Waals surface area contributed by atoms with Gasteiger partial charge in [0.1, 0.15) is 5.60 Å². The summed E-state index contributed by atoms with van der Waals surface area (Å²) in [5.74, 6) is -0.0394. The molecule has 1 aliphatic heterocycles. The molecule has 2 fully saturated rings. The van der Waals surface area contributed by atoms with E-state index in [4.69, 9.17) is 4.74 Å². The summed E-state index contributed by atoms with van der Waals surface area (Å²) < 4.78 is 5.67. The van der Waals surface area contributed by atoms with Gasteiger partial charge in [0.2, 0.25) is 0 Å². The molecule has 15 heavy (non-hydrogen) atoms. The Morgan fingerprint density at radius 3 is 2.47 bits per heavy atom. The molecular weight excluding hydrogens is 188 g/mol. The zero-order valence-electron chi connectivity index (χ0n) is 9.77. The van der Waals surface area contributed by atoms with Crippen LogP contribution in [0, 0.1) is 5.41 Å². The van der Waals surface area contributed by atoms with Crippen molar-refractivity contribution in [3.8, 4) is 0 Å². The maximum absolute atomic E-state index is 11.6. The second kappa shape index (κ2) is 3.36. The van der Waals surface area contributed by atoms with E-state index in [1.807, 2.05) is 6.92 Å². The summed E-state index contributed by atoms with van der Waals surface area (Å²) in [5, 5.41) is 0. The van der Waals surface area contributed by atoms with E-state index < -0.39 is 0 Å².